The van der Waals surface area contributed by atoms with Gasteiger partial charge < -0.3 is 9.88 Å². The van der Waals surface area contributed by atoms with Crippen LogP contribution in [0.3, 0.4) is 0 Å². The number of piperazine rings is 1. The second kappa shape index (κ2) is 10.8. The molecule has 0 amide bonds. The van der Waals surface area contributed by atoms with E-state index >= 15 is 0 Å². The van der Waals surface area contributed by atoms with Gasteiger partial charge in [-0.15, -0.1) is 0 Å². The van der Waals surface area contributed by atoms with Gasteiger partial charge in [0, 0.05) is 70.4 Å². The van der Waals surface area contributed by atoms with E-state index in [1.165, 1.54) is 0 Å². The lowest BCUT2D eigenvalue weighted by Crippen LogP contribution is -2.45. The van der Waals surface area contributed by atoms with Crippen LogP contribution in [0.15, 0.2) is 67.0 Å². The van der Waals surface area contributed by atoms with E-state index in [4.69, 9.17) is 0 Å². The van der Waals surface area contributed by atoms with Crippen molar-refractivity contribution in [1.29, 1.82) is 5.26 Å². The van der Waals surface area contributed by atoms with Crippen LogP contribution in [0.1, 0.15) is 22.3 Å². The standard InChI is InChI=1S/C26H28F3N5/c27-26(28,29)24-6-3-21(4-7-24)19-33-13-15-34(16-14-33)20-23-17-25(8-5-22(23)18-30)31-9-12-32-10-1-2-11-32/h1-8,10-11,17,31H,9,12-16,19-20H2. The molecule has 0 saturated carbocycles. The molecule has 178 valence electrons. The molecule has 1 N–H and O–H groups in total. The van der Waals surface area contributed by atoms with Crippen LogP contribution in [0.25, 0.3) is 0 Å². The van der Waals surface area contributed by atoms with E-state index in [0.29, 0.717) is 18.7 Å². The average Bonchev–Trinajstić information content (AvgIpc) is 3.34. The summed E-state index contributed by atoms with van der Waals surface area (Å²) in [5.74, 6) is 0. The first-order valence-electron chi connectivity index (χ1n) is 11.4. The smallest absolute Gasteiger partial charge is 0.383 e. The molecule has 1 fully saturated rings. The highest BCUT2D eigenvalue weighted by molar-refractivity contribution is 5.52. The molecule has 1 saturated heterocycles. The number of rotatable bonds is 8. The van der Waals surface area contributed by atoms with Crippen molar-refractivity contribution in [3.63, 3.8) is 0 Å². The first-order chi connectivity index (χ1) is 16.4. The van der Waals surface area contributed by atoms with Gasteiger partial charge in [0.25, 0.3) is 0 Å². The van der Waals surface area contributed by atoms with Gasteiger partial charge in [-0.3, -0.25) is 9.80 Å². The number of anilines is 1. The minimum Gasteiger partial charge on any atom is -0.383 e. The molecule has 8 heteroatoms. The summed E-state index contributed by atoms with van der Waals surface area (Å²) < 4.78 is 40.4. The van der Waals surface area contributed by atoms with Crippen LogP contribution in [0, 0.1) is 11.3 Å². The molecular weight excluding hydrogens is 439 g/mol. The minimum absolute atomic E-state index is 0.615. The summed E-state index contributed by atoms with van der Waals surface area (Å²) >= 11 is 0. The second-order valence-electron chi connectivity index (χ2n) is 8.58. The number of nitrogens with one attached hydrogen (secondary N) is 1. The summed E-state index contributed by atoms with van der Waals surface area (Å²) in [5.41, 5.74) is 2.96. The van der Waals surface area contributed by atoms with Crippen molar-refractivity contribution in [2.45, 2.75) is 25.8 Å². The Kier molecular flexibility index (Phi) is 7.56. The molecule has 3 aromatic rings. The molecule has 1 aliphatic heterocycles. The Hall–Kier alpha value is -3.28. The molecule has 0 radical (unpaired) electrons. The highest BCUT2D eigenvalue weighted by atomic mass is 19.4. The van der Waals surface area contributed by atoms with Crippen molar-refractivity contribution in [1.82, 2.24) is 14.4 Å². The maximum absolute atomic E-state index is 12.8. The third-order valence-electron chi connectivity index (χ3n) is 6.14. The predicted molar refractivity (Wildman–Crippen MR) is 126 cm³/mol. The molecule has 0 bridgehead atoms. The fourth-order valence-corrected chi connectivity index (χ4v) is 4.20. The highest BCUT2D eigenvalue weighted by Gasteiger charge is 2.30. The van der Waals surface area contributed by atoms with Crippen LogP contribution in [0.4, 0.5) is 18.9 Å². The van der Waals surface area contributed by atoms with Gasteiger partial charge in [0.05, 0.1) is 17.2 Å². The van der Waals surface area contributed by atoms with Gasteiger partial charge in [0.2, 0.25) is 0 Å². The Morgan fingerprint density at radius 2 is 1.53 bits per heavy atom. The number of alkyl halides is 3. The Morgan fingerprint density at radius 3 is 2.15 bits per heavy atom. The fourth-order valence-electron chi connectivity index (χ4n) is 4.20. The number of nitrogens with zero attached hydrogens (tertiary/aromatic N) is 4. The first-order valence-corrected chi connectivity index (χ1v) is 11.4. The molecule has 2 aromatic carbocycles. The van der Waals surface area contributed by atoms with Gasteiger partial charge in [0.1, 0.15) is 0 Å². The normalized spacial score (nSPS) is 15.2. The zero-order valence-electron chi connectivity index (χ0n) is 18.9. The largest absolute Gasteiger partial charge is 0.416 e. The van der Waals surface area contributed by atoms with Crippen molar-refractivity contribution < 1.29 is 13.2 Å². The molecule has 1 aromatic heterocycles. The Morgan fingerprint density at radius 1 is 0.882 bits per heavy atom. The van der Waals surface area contributed by atoms with Crippen molar-refractivity contribution in [2.75, 3.05) is 38.0 Å². The summed E-state index contributed by atoms with van der Waals surface area (Å²) in [4.78, 5) is 4.58. The molecule has 2 heterocycles. The number of aromatic nitrogens is 1. The third kappa shape index (κ3) is 6.40. The number of hydrogen-bond acceptors (Lipinski definition) is 4. The van der Waals surface area contributed by atoms with Crippen LogP contribution in [-0.4, -0.2) is 47.1 Å². The van der Waals surface area contributed by atoms with Crippen molar-refractivity contribution in [2.24, 2.45) is 0 Å². The van der Waals surface area contributed by atoms with Crippen LogP contribution in [-0.2, 0) is 25.8 Å². The molecule has 4 rings (SSSR count). The third-order valence-corrected chi connectivity index (χ3v) is 6.14. The van der Waals surface area contributed by atoms with Crippen LogP contribution < -0.4 is 5.32 Å². The topological polar surface area (TPSA) is 47.2 Å². The van der Waals surface area contributed by atoms with Gasteiger partial charge in [-0.25, -0.2) is 0 Å². The zero-order valence-corrected chi connectivity index (χ0v) is 18.9. The summed E-state index contributed by atoms with van der Waals surface area (Å²) in [7, 11) is 0. The Bertz CT molecular complexity index is 1090. The maximum atomic E-state index is 12.8. The van der Waals surface area contributed by atoms with Crippen LogP contribution >= 0.6 is 0 Å². The maximum Gasteiger partial charge on any atom is 0.416 e. The van der Waals surface area contributed by atoms with Gasteiger partial charge >= 0.3 is 6.18 Å². The molecule has 0 atom stereocenters. The number of halogens is 3. The van der Waals surface area contributed by atoms with E-state index in [1.807, 2.05) is 36.7 Å². The van der Waals surface area contributed by atoms with Crippen LogP contribution in [0.5, 0.6) is 0 Å². The monoisotopic (exact) mass is 467 g/mol. The summed E-state index contributed by atoms with van der Waals surface area (Å²) in [6.07, 6.45) is -0.242. The molecule has 0 spiro atoms. The van der Waals surface area contributed by atoms with E-state index in [1.54, 1.807) is 12.1 Å². The first kappa shape index (κ1) is 23.9. The van der Waals surface area contributed by atoms with Gasteiger partial charge in [-0.2, -0.15) is 18.4 Å². The van der Waals surface area contributed by atoms with Gasteiger partial charge in [-0.1, -0.05) is 12.1 Å². The number of benzene rings is 2. The second-order valence-corrected chi connectivity index (χ2v) is 8.58. The molecule has 0 unspecified atom stereocenters. The van der Waals surface area contributed by atoms with E-state index in [9.17, 15) is 18.4 Å². The van der Waals surface area contributed by atoms with E-state index in [-0.39, 0.29) is 0 Å². The SMILES string of the molecule is N#Cc1ccc(NCCn2cccc2)cc1CN1CCN(Cc2ccc(C(F)(F)F)cc2)CC1. The average molecular weight is 468 g/mol. The van der Waals surface area contributed by atoms with Crippen molar-refractivity contribution in [3.8, 4) is 6.07 Å². The highest BCUT2D eigenvalue weighted by Crippen LogP contribution is 2.29. The lowest BCUT2D eigenvalue weighted by molar-refractivity contribution is -0.137. The van der Waals surface area contributed by atoms with Gasteiger partial charge in [0.15, 0.2) is 0 Å². The van der Waals surface area contributed by atoms with Gasteiger partial charge in [-0.05, 0) is 53.6 Å². The number of hydrogen-bond donors (Lipinski definition) is 1. The predicted octanol–water partition coefficient (Wildman–Crippen LogP) is 4.81. The summed E-state index contributed by atoms with van der Waals surface area (Å²) in [5, 5.41) is 13.0. The quantitative estimate of drug-likeness (QED) is 0.517. The van der Waals surface area contributed by atoms with E-state index in [2.05, 4.69) is 31.8 Å². The minimum atomic E-state index is -4.30. The van der Waals surface area contributed by atoms with Crippen LogP contribution in [0.2, 0.25) is 0 Å². The molecule has 0 aliphatic carbocycles. The van der Waals surface area contributed by atoms with E-state index in [0.717, 1.165) is 68.2 Å². The Balaban J connectivity index is 1.28. The molecular formula is C26H28F3N5. The van der Waals surface area contributed by atoms with E-state index < -0.39 is 11.7 Å². The van der Waals surface area contributed by atoms with Crippen molar-refractivity contribution in [3.05, 3.63) is 89.2 Å². The lowest BCUT2D eigenvalue weighted by Gasteiger charge is -2.35. The lowest BCUT2D eigenvalue weighted by atomic mass is 10.1. The molecule has 34 heavy (non-hydrogen) atoms. The van der Waals surface area contributed by atoms with Crippen molar-refractivity contribution >= 4 is 5.69 Å². The Labute approximate surface area is 198 Å². The molecule has 1 aliphatic rings. The summed E-state index contributed by atoms with van der Waals surface area (Å²) in [6, 6.07) is 17.6. The zero-order chi connectivity index (χ0) is 24.0. The molecule has 5 nitrogen and oxygen atoms in total. The summed E-state index contributed by atoms with van der Waals surface area (Å²) in [6.45, 7) is 6.34. The fraction of sp³-hybridized carbons (Fsp3) is 0.346. The number of nitriles is 1.